The van der Waals surface area contributed by atoms with Gasteiger partial charge in [-0.15, -0.1) is 0 Å². The summed E-state index contributed by atoms with van der Waals surface area (Å²) in [6, 6.07) is 13.6. The Morgan fingerprint density at radius 1 is 0.938 bits per heavy atom. The average molecular weight is 435 g/mol. The molecule has 2 aliphatic rings. The minimum atomic E-state index is -0.364. The van der Waals surface area contributed by atoms with Gasteiger partial charge in [-0.1, -0.05) is 12.1 Å². The normalized spacial score (nSPS) is 21.7. The van der Waals surface area contributed by atoms with Crippen molar-refractivity contribution in [2.75, 3.05) is 26.2 Å². The van der Waals surface area contributed by atoms with Crippen LogP contribution in [-0.2, 0) is 4.79 Å². The molecule has 0 bridgehead atoms. The highest BCUT2D eigenvalue weighted by Crippen LogP contribution is 2.29. The number of aromatic nitrogens is 2. The minimum Gasteiger partial charge on any atom is -0.342 e. The van der Waals surface area contributed by atoms with Gasteiger partial charge in [0, 0.05) is 37.7 Å². The number of benzene rings is 2. The molecule has 1 aromatic heterocycles. The van der Waals surface area contributed by atoms with Crippen molar-refractivity contribution in [2.24, 2.45) is 5.92 Å². The topological polar surface area (TPSA) is 69.3 Å². The number of halogens is 1. The number of fused-ring (bicyclic) bond motifs is 1. The van der Waals surface area contributed by atoms with Crippen molar-refractivity contribution >= 4 is 22.8 Å². The quantitative estimate of drug-likeness (QED) is 0.678. The first kappa shape index (κ1) is 20.7. The Bertz CT molecular complexity index is 1090. The highest BCUT2D eigenvalue weighted by molar-refractivity contribution is 5.94. The lowest BCUT2D eigenvalue weighted by molar-refractivity contribution is -0.138. The number of hydrogen-bond donors (Lipinski definition) is 1. The molecule has 2 fully saturated rings. The van der Waals surface area contributed by atoms with Gasteiger partial charge in [-0.05, 0) is 62.1 Å². The zero-order chi connectivity index (χ0) is 22.1. The van der Waals surface area contributed by atoms with E-state index in [2.05, 4.69) is 4.98 Å². The number of piperidine rings is 2. The van der Waals surface area contributed by atoms with Crippen molar-refractivity contribution in [3.63, 3.8) is 0 Å². The fourth-order valence-electron chi connectivity index (χ4n) is 4.96. The Balaban J connectivity index is 1.25. The molecule has 0 unspecified atom stereocenters. The smallest absolute Gasteiger partial charge is 0.253 e. The van der Waals surface area contributed by atoms with Gasteiger partial charge in [0.05, 0.1) is 17.0 Å². The second kappa shape index (κ2) is 8.73. The fraction of sp³-hybridized carbons (Fsp3) is 0.400. The van der Waals surface area contributed by atoms with Crippen LogP contribution < -0.4 is 0 Å². The Morgan fingerprint density at radius 2 is 1.69 bits per heavy atom. The summed E-state index contributed by atoms with van der Waals surface area (Å²) in [6.07, 6.45) is 3.53. The van der Waals surface area contributed by atoms with Crippen molar-refractivity contribution in [2.45, 2.75) is 31.6 Å². The maximum absolute atomic E-state index is 13.4. The number of hydrogen-bond acceptors (Lipinski definition) is 3. The number of carbonyl (C=O) groups is 2. The molecule has 2 saturated heterocycles. The van der Waals surface area contributed by atoms with Gasteiger partial charge in [-0.2, -0.15) is 0 Å². The minimum absolute atomic E-state index is 0.127. The van der Waals surface area contributed by atoms with Crippen molar-refractivity contribution in [1.82, 2.24) is 19.8 Å². The zero-order valence-corrected chi connectivity index (χ0v) is 18.0. The average Bonchev–Trinajstić information content (AvgIpc) is 3.28. The van der Waals surface area contributed by atoms with E-state index < -0.39 is 0 Å². The molecule has 0 spiro atoms. The lowest BCUT2D eigenvalue weighted by Gasteiger charge is -2.38. The summed E-state index contributed by atoms with van der Waals surface area (Å²) in [7, 11) is 0. The van der Waals surface area contributed by atoms with Crippen LogP contribution in [-0.4, -0.2) is 57.8 Å². The molecule has 0 aliphatic carbocycles. The summed E-state index contributed by atoms with van der Waals surface area (Å²) in [5, 5.41) is 0. The molecule has 32 heavy (non-hydrogen) atoms. The number of likely N-dealkylation sites (tertiary alicyclic amines) is 2. The van der Waals surface area contributed by atoms with Crippen LogP contribution in [0.3, 0.4) is 0 Å². The zero-order valence-electron chi connectivity index (χ0n) is 18.0. The van der Waals surface area contributed by atoms with Gasteiger partial charge in [-0.25, -0.2) is 9.37 Å². The first-order valence-electron chi connectivity index (χ1n) is 11.4. The molecule has 3 aromatic rings. The van der Waals surface area contributed by atoms with Crippen LogP contribution >= 0.6 is 0 Å². The molecular formula is C25H27FN4O2. The maximum atomic E-state index is 13.4. The Labute approximate surface area is 186 Å². The summed E-state index contributed by atoms with van der Waals surface area (Å²) in [5.74, 6) is 0.574. The number of amides is 2. The first-order chi connectivity index (χ1) is 15.6. The molecule has 6 nitrogen and oxygen atoms in total. The van der Waals surface area contributed by atoms with E-state index in [9.17, 15) is 14.0 Å². The van der Waals surface area contributed by atoms with Gasteiger partial charge in [0.2, 0.25) is 5.91 Å². The monoisotopic (exact) mass is 434 g/mol. The summed E-state index contributed by atoms with van der Waals surface area (Å²) >= 11 is 0. The maximum Gasteiger partial charge on any atom is 0.253 e. The third-order valence-electron chi connectivity index (χ3n) is 6.68. The highest BCUT2D eigenvalue weighted by Gasteiger charge is 2.34. The predicted molar refractivity (Wildman–Crippen MR) is 120 cm³/mol. The van der Waals surface area contributed by atoms with E-state index in [0.29, 0.717) is 25.2 Å². The molecule has 3 heterocycles. The number of rotatable bonds is 3. The van der Waals surface area contributed by atoms with Crippen LogP contribution in [0.4, 0.5) is 4.39 Å². The molecule has 2 atom stereocenters. The number of nitrogens with zero attached hydrogens (tertiary/aromatic N) is 3. The SMILES string of the molecule is O=C(c1ccc(F)cc1)N1CCC[C@@H](C(=O)N2CCC[C@H](c3nc4ccccc4[nH]3)C2)C1. The molecule has 2 aliphatic heterocycles. The van der Waals surface area contributed by atoms with Gasteiger partial charge < -0.3 is 14.8 Å². The van der Waals surface area contributed by atoms with Gasteiger partial charge in [0.25, 0.3) is 5.91 Å². The van der Waals surface area contributed by atoms with E-state index in [0.717, 1.165) is 49.1 Å². The van der Waals surface area contributed by atoms with Gasteiger partial charge in [0.15, 0.2) is 0 Å². The number of aromatic amines is 1. The number of nitrogens with one attached hydrogen (secondary N) is 1. The third-order valence-corrected chi connectivity index (χ3v) is 6.68. The van der Waals surface area contributed by atoms with E-state index in [4.69, 9.17) is 4.98 Å². The molecule has 2 aromatic carbocycles. The second-order valence-electron chi connectivity index (χ2n) is 8.86. The highest BCUT2D eigenvalue weighted by atomic mass is 19.1. The molecule has 166 valence electrons. The molecule has 2 amide bonds. The van der Waals surface area contributed by atoms with Crippen LogP contribution in [0.2, 0.25) is 0 Å². The number of imidazole rings is 1. The van der Waals surface area contributed by atoms with E-state index in [1.54, 1.807) is 4.90 Å². The van der Waals surface area contributed by atoms with Crippen molar-refractivity contribution < 1.29 is 14.0 Å². The summed E-state index contributed by atoms with van der Waals surface area (Å²) < 4.78 is 13.2. The number of carbonyl (C=O) groups excluding carboxylic acids is 2. The third kappa shape index (κ3) is 4.11. The molecule has 0 radical (unpaired) electrons. The van der Waals surface area contributed by atoms with Crippen molar-refractivity contribution in [3.05, 3.63) is 65.7 Å². The predicted octanol–water partition coefficient (Wildman–Crippen LogP) is 3.96. The fourth-order valence-corrected chi connectivity index (χ4v) is 4.96. The molecule has 1 N–H and O–H groups in total. The Kier molecular flexibility index (Phi) is 5.64. The van der Waals surface area contributed by atoms with Gasteiger partial charge in [0.1, 0.15) is 11.6 Å². The van der Waals surface area contributed by atoms with Crippen LogP contribution in [0.25, 0.3) is 11.0 Å². The van der Waals surface area contributed by atoms with Crippen LogP contribution in [0, 0.1) is 11.7 Å². The van der Waals surface area contributed by atoms with Crippen LogP contribution in [0.15, 0.2) is 48.5 Å². The molecule has 7 heteroatoms. The Hall–Kier alpha value is -3.22. The van der Waals surface area contributed by atoms with Crippen LogP contribution in [0.1, 0.15) is 47.8 Å². The summed E-state index contributed by atoms with van der Waals surface area (Å²) in [6.45, 7) is 2.45. The molecule has 5 rings (SSSR count). The summed E-state index contributed by atoms with van der Waals surface area (Å²) in [4.78, 5) is 38.1. The number of H-pyrrole nitrogens is 1. The van der Waals surface area contributed by atoms with Gasteiger partial charge >= 0.3 is 0 Å². The standard InChI is InChI=1S/C25H27FN4O2/c26-20-11-9-17(10-12-20)24(31)30-14-4-6-19(16-30)25(32)29-13-3-5-18(15-29)23-27-21-7-1-2-8-22(21)28-23/h1-2,7-12,18-19H,3-6,13-16H2,(H,27,28)/t18-,19+/m0/s1. The van der Waals surface area contributed by atoms with Crippen LogP contribution in [0.5, 0.6) is 0 Å². The van der Waals surface area contributed by atoms with Crippen molar-refractivity contribution in [1.29, 1.82) is 0 Å². The van der Waals surface area contributed by atoms with Gasteiger partial charge in [-0.3, -0.25) is 9.59 Å². The van der Waals surface area contributed by atoms with Crippen molar-refractivity contribution in [3.8, 4) is 0 Å². The largest absolute Gasteiger partial charge is 0.342 e. The van der Waals surface area contributed by atoms with E-state index in [1.807, 2.05) is 29.2 Å². The lowest BCUT2D eigenvalue weighted by Crippen LogP contribution is -2.49. The first-order valence-corrected chi connectivity index (χ1v) is 11.4. The van der Waals surface area contributed by atoms with E-state index >= 15 is 0 Å². The lowest BCUT2D eigenvalue weighted by atomic mass is 9.92. The van der Waals surface area contributed by atoms with E-state index in [1.165, 1.54) is 24.3 Å². The number of para-hydroxylation sites is 2. The Morgan fingerprint density at radius 3 is 2.50 bits per heavy atom. The molecule has 0 saturated carbocycles. The summed E-state index contributed by atoms with van der Waals surface area (Å²) in [5.41, 5.74) is 2.43. The van der Waals surface area contributed by atoms with E-state index in [-0.39, 0.29) is 29.5 Å². The molecular weight excluding hydrogens is 407 g/mol. The second-order valence-corrected chi connectivity index (χ2v) is 8.86.